The molecule has 0 spiro atoms. The summed E-state index contributed by atoms with van der Waals surface area (Å²) in [5.41, 5.74) is 0. The Kier molecular flexibility index (Phi) is 8.50. The van der Waals surface area contributed by atoms with E-state index in [9.17, 15) is 0 Å². The lowest BCUT2D eigenvalue weighted by molar-refractivity contribution is 0.192. The second kappa shape index (κ2) is 9.33. The highest BCUT2D eigenvalue weighted by Gasteiger charge is 2.44. The average molecular weight is 309 g/mol. The summed E-state index contributed by atoms with van der Waals surface area (Å²) in [6, 6.07) is 0. The monoisotopic (exact) mass is 308 g/mol. The predicted molar refractivity (Wildman–Crippen MR) is 101 cm³/mol. The van der Waals surface area contributed by atoms with Gasteiger partial charge in [-0.1, -0.05) is 81.1 Å². The van der Waals surface area contributed by atoms with Crippen molar-refractivity contribution < 1.29 is 0 Å². The van der Waals surface area contributed by atoms with Crippen molar-refractivity contribution in [1.29, 1.82) is 0 Å². The van der Waals surface area contributed by atoms with Gasteiger partial charge in [-0.25, -0.2) is 0 Å². The fourth-order valence-electron chi connectivity index (χ4n) is 4.40. The molecule has 22 heavy (non-hydrogen) atoms. The van der Waals surface area contributed by atoms with Crippen molar-refractivity contribution in [3.63, 3.8) is 0 Å². The van der Waals surface area contributed by atoms with Crippen molar-refractivity contribution in [2.24, 2.45) is 47.3 Å². The first-order valence-electron chi connectivity index (χ1n) is 10.3. The van der Waals surface area contributed by atoms with Crippen molar-refractivity contribution >= 4 is 0 Å². The van der Waals surface area contributed by atoms with Gasteiger partial charge in [0.15, 0.2) is 0 Å². The Morgan fingerprint density at radius 2 is 1.41 bits per heavy atom. The van der Waals surface area contributed by atoms with Crippen molar-refractivity contribution in [3.05, 3.63) is 0 Å². The minimum Gasteiger partial charge on any atom is -0.0654 e. The second-order valence-electron chi connectivity index (χ2n) is 9.34. The molecule has 1 rings (SSSR count). The summed E-state index contributed by atoms with van der Waals surface area (Å²) in [7, 11) is 0. The van der Waals surface area contributed by atoms with Gasteiger partial charge >= 0.3 is 0 Å². The highest BCUT2D eigenvalue weighted by atomic mass is 14.5. The Labute approximate surface area is 141 Å². The summed E-state index contributed by atoms with van der Waals surface area (Å²) in [6.45, 7) is 19.5. The molecule has 132 valence electrons. The van der Waals surface area contributed by atoms with Crippen LogP contribution in [-0.4, -0.2) is 0 Å². The van der Waals surface area contributed by atoms with Crippen LogP contribution in [-0.2, 0) is 0 Å². The fraction of sp³-hybridized carbons (Fsp3) is 1.00. The molecule has 0 amide bonds. The Morgan fingerprint density at radius 1 is 0.818 bits per heavy atom. The molecule has 0 heteroatoms. The summed E-state index contributed by atoms with van der Waals surface area (Å²) in [5.74, 6) is 7.52. The summed E-state index contributed by atoms with van der Waals surface area (Å²) >= 11 is 0. The standard InChI is InChI=1S/C22H44/c1-9-10-20(12-11-15(2)3)13-21(17(6)16(4)5)14-22-18(7)19(22)8/h15-22H,9-14H2,1-8H3. The maximum absolute atomic E-state index is 2.53. The third kappa shape index (κ3) is 6.25. The van der Waals surface area contributed by atoms with E-state index >= 15 is 0 Å². The third-order valence-corrected chi connectivity index (χ3v) is 6.89. The van der Waals surface area contributed by atoms with E-state index < -0.39 is 0 Å². The van der Waals surface area contributed by atoms with Gasteiger partial charge in [0.2, 0.25) is 0 Å². The lowest BCUT2D eigenvalue weighted by Crippen LogP contribution is -2.22. The number of hydrogen-bond acceptors (Lipinski definition) is 0. The molecule has 0 nitrogen and oxygen atoms in total. The maximum atomic E-state index is 2.53. The van der Waals surface area contributed by atoms with Gasteiger partial charge in [-0.15, -0.1) is 0 Å². The van der Waals surface area contributed by atoms with Crippen LogP contribution in [0.5, 0.6) is 0 Å². The van der Waals surface area contributed by atoms with Gasteiger partial charge in [-0.2, -0.15) is 0 Å². The van der Waals surface area contributed by atoms with Crippen LogP contribution >= 0.6 is 0 Å². The first kappa shape index (κ1) is 20.0. The Hall–Kier alpha value is 0. The molecule has 0 saturated heterocycles. The summed E-state index contributed by atoms with van der Waals surface area (Å²) in [6.07, 6.45) is 8.69. The summed E-state index contributed by atoms with van der Waals surface area (Å²) in [4.78, 5) is 0. The van der Waals surface area contributed by atoms with Gasteiger partial charge in [-0.05, 0) is 60.2 Å². The first-order chi connectivity index (χ1) is 10.3. The Morgan fingerprint density at radius 3 is 1.82 bits per heavy atom. The molecule has 0 aliphatic heterocycles. The highest BCUT2D eigenvalue weighted by molar-refractivity contribution is 4.93. The van der Waals surface area contributed by atoms with Gasteiger partial charge in [0.05, 0.1) is 0 Å². The molecule has 5 atom stereocenters. The quantitative estimate of drug-likeness (QED) is 0.372. The average Bonchev–Trinajstić information content (AvgIpc) is 3.01. The number of hydrogen-bond donors (Lipinski definition) is 0. The molecular weight excluding hydrogens is 264 g/mol. The minimum absolute atomic E-state index is 0.835. The van der Waals surface area contributed by atoms with Gasteiger partial charge in [0.25, 0.3) is 0 Å². The highest BCUT2D eigenvalue weighted by Crippen LogP contribution is 2.51. The molecular formula is C22H44. The second-order valence-corrected chi connectivity index (χ2v) is 9.34. The van der Waals surface area contributed by atoms with Crippen molar-refractivity contribution in [2.45, 2.75) is 93.9 Å². The third-order valence-electron chi connectivity index (χ3n) is 6.89. The van der Waals surface area contributed by atoms with E-state index in [4.69, 9.17) is 0 Å². The summed E-state index contributed by atoms with van der Waals surface area (Å²) in [5, 5.41) is 0. The van der Waals surface area contributed by atoms with Gasteiger partial charge in [0.1, 0.15) is 0 Å². The van der Waals surface area contributed by atoms with Crippen LogP contribution in [0.1, 0.15) is 93.9 Å². The van der Waals surface area contributed by atoms with E-state index in [1.807, 2.05) is 0 Å². The van der Waals surface area contributed by atoms with Crippen LogP contribution < -0.4 is 0 Å². The lowest BCUT2D eigenvalue weighted by Gasteiger charge is -2.31. The molecule has 0 aromatic rings. The molecule has 0 aromatic carbocycles. The molecule has 0 bridgehead atoms. The normalized spacial score (nSPS) is 28.9. The van der Waals surface area contributed by atoms with Crippen LogP contribution in [0.2, 0.25) is 0 Å². The van der Waals surface area contributed by atoms with E-state index in [-0.39, 0.29) is 0 Å². The molecule has 0 radical (unpaired) electrons. The van der Waals surface area contributed by atoms with E-state index in [1.165, 1.54) is 38.5 Å². The molecule has 1 fully saturated rings. The molecule has 1 saturated carbocycles. The molecule has 0 N–H and O–H groups in total. The first-order valence-corrected chi connectivity index (χ1v) is 10.3. The van der Waals surface area contributed by atoms with Crippen LogP contribution in [0.15, 0.2) is 0 Å². The van der Waals surface area contributed by atoms with Crippen molar-refractivity contribution in [1.82, 2.24) is 0 Å². The fourth-order valence-corrected chi connectivity index (χ4v) is 4.40. The zero-order valence-corrected chi connectivity index (χ0v) is 16.9. The Balaban J connectivity index is 2.62. The molecule has 0 heterocycles. The smallest absolute Gasteiger partial charge is 0.0355 e. The molecule has 5 unspecified atom stereocenters. The SMILES string of the molecule is CCCC(CCC(C)C)CC(CC1C(C)C1C)C(C)C(C)C. The molecule has 1 aliphatic carbocycles. The molecule has 1 aliphatic rings. The topological polar surface area (TPSA) is 0 Å². The largest absolute Gasteiger partial charge is 0.0654 e. The van der Waals surface area contributed by atoms with E-state index in [0.717, 1.165) is 47.3 Å². The van der Waals surface area contributed by atoms with E-state index in [0.29, 0.717) is 0 Å². The predicted octanol–water partition coefficient (Wildman–Crippen LogP) is 7.43. The van der Waals surface area contributed by atoms with Crippen LogP contribution in [0.3, 0.4) is 0 Å². The maximum Gasteiger partial charge on any atom is -0.0355 e. The zero-order valence-electron chi connectivity index (χ0n) is 16.9. The van der Waals surface area contributed by atoms with Gasteiger partial charge < -0.3 is 0 Å². The van der Waals surface area contributed by atoms with Gasteiger partial charge in [0, 0.05) is 0 Å². The van der Waals surface area contributed by atoms with Crippen LogP contribution in [0, 0.1) is 47.3 Å². The van der Waals surface area contributed by atoms with Gasteiger partial charge in [-0.3, -0.25) is 0 Å². The Bertz CT molecular complexity index is 282. The van der Waals surface area contributed by atoms with E-state index in [1.54, 1.807) is 0 Å². The van der Waals surface area contributed by atoms with Crippen LogP contribution in [0.4, 0.5) is 0 Å². The zero-order chi connectivity index (χ0) is 16.9. The minimum atomic E-state index is 0.835. The van der Waals surface area contributed by atoms with Crippen molar-refractivity contribution in [2.75, 3.05) is 0 Å². The number of rotatable bonds is 11. The molecule has 0 aromatic heterocycles. The lowest BCUT2D eigenvalue weighted by atomic mass is 9.74. The summed E-state index contributed by atoms with van der Waals surface area (Å²) < 4.78 is 0. The van der Waals surface area contributed by atoms with Crippen molar-refractivity contribution in [3.8, 4) is 0 Å². The van der Waals surface area contributed by atoms with E-state index in [2.05, 4.69) is 55.4 Å². The van der Waals surface area contributed by atoms with Crippen LogP contribution in [0.25, 0.3) is 0 Å².